The number of aromatic hydroxyl groups is 1. The van der Waals surface area contributed by atoms with Crippen molar-refractivity contribution in [3.05, 3.63) is 45.4 Å². The average Bonchev–Trinajstić information content (AvgIpc) is 2.64. The van der Waals surface area contributed by atoms with Crippen LogP contribution in [0.3, 0.4) is 0 Å². The lowest BCUT2D eigenvalue weighted by atomic mass is 10.0. The molecule has 4 nitrogen and oxygen atoms in total. The molecular weight excluding hydrogens is 328 g/mol. The fraction of sp³-hybridized carbons (Fsp3) is 0.231. The van der Waals surface area contributed by atoms with Crippen LogP contribution in [0.5, 0.6) is 5.88 Å². The van der Waals surface area contributed by atoms with Crippen molar-refractivity contribution >= 4 is 17.4 Å². The number of carbonyl (C=O) groups is 1. The van der Waals surface area contributed by atoms with E-state index < -0.39 is 39.8 Å². The number of nitrogens with zero attached hydrogens (tertiary/aromatic N) is 2. The highest BCUT2D eigenvalue weighted by atomic mass is 35.5. The van der Waals surface area contributed by atoms with E-state index in [1.54, 1.807) is 0 Å². The van der Waals surface area contributed by atoms with Gasteiger partial charge in [0.25, 0.3) is 0 Å². The SMILES string of the molecule is Cc1nn(C)c(O)c1C(=O)c1ccc(C(F)(F)F)c(F)c1Cl. The fourth-order valence-electron chi connectivity index (χ4n) is 1.99. The van der Waals surface area contributed by atoms with E-state index >= 15 is 0 Å². The Morgan fingerprint density at radius 1 is 1.36 bits per heavy atom. The second-order valence-electron chi connectivity index (χ2n) is 4.52. The van der Waals surface area contributed by atoms with Crippen LogP contribution in [0.1, 0.15) is 27.2 Å². The third kappa shape index (κ3) is 2.54. The van der Waals surface area contributed by atoms with E-state index in [0.29, 0.717) is 6.07 Å². The van der Waals surface area contributed by atoms with E-state index in [4.69, 9.17) is 11.6 Å². The Labute approximate surface area is 126 Å². The molecule has 0 unspecified atom stereocenters. The average molecular weight is 337 g/mol. The maximum Gasteiger partial charge on any atom is 0.419 e. The van der Waals surface area contributed by atoms with Gasteiger partial charge in [0.05, 0.1) is 16.3 Å². The Bertz CT molecular complexity index is 768. The van der Waals surface area contributed by atoms with Crippen LogP contribution >= 0.6 is 11.6 Å². The number of rotatable bonds is 2. The summed E-state index contributed by atoms with van der Waals surface area (Å²) in [5, 5.41) is 12.6. The van der Waals surface area contributed by atoms with Gasteiger partial charge in [0.15, 0.2) is 5.82 Å². The lowest BCUT2D eigenvalue weighted by molar-refractivity contribution is -0.140. The standard InChI is InChI=1S/C13H9ClF4N2O2/c1-5-8(12(22)20(2)19-5)11(21)6-3-4-7(13(16,17)18)10(15)9(6)14/h3-4,22H,1-2H3. The molecule has 0 radical (unpaired) electrons. The lowest BCUT2D eigenvalue weighted by Crippen LogP contribution is -2.11. The number of aromatic nitrogens is 2. The van der Waals surface area contributed by atoms with Crippen molar-refractivity contribution in [2.75, 3.05) is 0 Å². The van der Waals surface area contributed by atoms with Crippen molar-refractivity contribution in [3.8, 4) is 5.88 Å². The molecule has 1 aromatic heterocycles. The summed E-state index contributed by atoms with van der Waals surface area (Å²) < 4.78 is 52.5. The third-order valence-electron chi connectivity index (χ3n) is 3.05. The monoisotopic (exact) mass is 336 g/mol. The normalized spacial score (nSPS) is 11.8. The van der Waals surface area contributed by atoms with Crippen LogP contribution in [-0.2, 0) is 13.2 Å². The van der Waals surface area contributed by atoms with Crippen molar-refractivity contribution in [2.45, 2.75) is 13.1 Å². The van der Waals surface area contributed by atoms with E-state index in [-0.39, 0.29) is 11.3 Å². The molecule has 1 aromatic carbocycles. The van der Waals surface area contributed by atoms with Gasteiger partial charge < -0.3 is 5.11 Å². The van der Waals surface area contributed by atoms with E-state index in [0.717, 1.165) is 10.7 Å². The summed E-state index contributed by atoms with van der Waals surface area (Å²) in [5.74, 6) is -3.14. The highest BCUT2D eigenvalue weighted by Crippen LogP contribution is 2.36. The van der Waals surface area contributed by atoms with Crippen molar-refractivity contribution in [2.24, 2.45) is 7.05 Å². The molecule has 0 saturated heterocycles. The molecule has 0 spiro atoms. The summed E-state index contributed by atoms with van der Waals surface area (Å²) in [6, 6.07) is 1.19. The van der Waals surface area contributed by atoms with Crippen molar-refractivity contribution in [1.82, 2.24) is 9.78 Å². The van der Waals surface area contributed by atoms with Gasteiger partial charge in [0.1, 0.15) is 5.56 Å². The van der Waals surface area contributed by atoms with E-state index in [1.807, 2.05) is 0 Å². The van der Waals surface area contributed by atoms with Crippen molar-refractivity contribution < 1.29 is 27.5 Å². The number of benzene rings is 1. The summed E-state index contributed by atoms with van der Waals surface area (Å²) >= 11 is 5.56. The molecule has 0 aliphatic carbocycles. The topological polar surface area (TPSA) is 55.1 Å². The van der Waals surface area contributed by atoms with Gasteiger partial charge in [-0.05, 0) is 19.1 Å². The van der Waals surface area contributed by atoms with Crippen molar-refractivity contribution in [3.63, 3.8) is 0 Å². The zero-order valence-electron chi connectivity index (χ0n) is 11.3. The Morgan fingerprint density at radius 2 is 1.95 bits per heavy atom. The molecular formula is C13H9ClF4N2O2. The van der Waals surface area contributed by atoms with Crippen LogP contribution in [0, 0.1) is 12.7 Å². The highest BCUT2D eigenvalue weighted by molar-refractivity contribution is 6.35. The minimum Gasteiger partial charge on any atom is -0.493 e. The van der Waals surface area contributed by atoms with Crippen molar-refractivity contribution in [1.29, 1.82) is 0 Å². The Morgan fingerprint density at radius 3 is 2.41 bits per heavy atom. The summed E-state index contributed by atoms with van der Waals surface area (Å²) in [4.78, 5) is 12.3. The Kier molecular flexibility index (Phi) is 3.90. The number of ketones is 1. The maximum absolute atomic E-state index is 13.8. The molecule has 0 amide bonds. The fourth-order valence-corrected chi connectivity index (χ4v) is 2.24. The van der Waals surface area contributed by atoms with Gasteiger partial charge >= 0.3 is 6.18 Å². The molecule has 1 N–H and O–H groups in total. The van der Waals surface area contributed by atoms with Gasteiger partial charge in [-0.3, -0.25) is 4.79 Å². The second-order valence-corrected chi connectivity index (χ2v) is 4.90. The van der Waals surface area contributed by atoms with Gasteiger partial charge in [-0.1, -0.05) is 11.6 Å². The molecule has 2 rings (SSSR count). The molecule has 0 fully saturated rings. The number of halogens is 5. The first-order valence-corrected chi connectivity index (χ1v) is 6.26. The summed E-state index contributed by atoms with van der Waals surface area (Å²) in [6.07, 6.45) is -4.93. The van der Waals surface area contributed by atoms with Crippen LogP contribution in [-0.4, -0.2) is 20.7 Å². The van der Waals surface area contributed by atoms with Crippen LogP contribution in [0.15, 0.2) is 12.1 Å². The number of hydrogen-bond donors (Lipinski definition) is 1. The van der Waals surface area contributed by atoms with Gasteiger partial charge in [-0.2, -0.15) is 18.3 Å². The van der Waals surface area contributed by atoms with Gasteiger partial charge in [0.2, 0.25) is 11.7 Å². The molecule has 0 aliphatic rings. The molecule has 22 heavy (non-hydrogen) atoms. The van der Waals surface area contributed by atoms with E-state index in [2.05, 4.69) is 5.10 Å². The molecule has 1 heterocycles. The second kappa shape index (κ2) is 5.28. The van der Waals surface area contributed by atoms with Crippen LogP contribution in [0.2, 0.25) is 5.02 Å². The van der Waals surface area contributed by atoms with Crippen LogP contribution in [0.25, 0.3) is 0 Å². The number of alkyl halides is 3. The minimum atomic E-state index is -4.93. The molecule has 0 saturated carbocycles. The number of hydrogen-bond acceptors (Lipinski definition) is 3. The first-order chi connectivity index (χ1) is 10.1. The third-order valence-corrected chi connectivity index (χ3v) is 3.42. The number of aryl methyl sites for hydroxylation is 2. The largest absolute Gasteiger partial charge is 0.493 e. The molecule has 9 heteroatoms. The highest BCUT2D eigenvalue weighted by Gasteiger charge is 2.36. The Hall–Kier alpha value is -2.09. The molecule has 0 atom stereocenters. The quantitative estimate of drug-likeness (QED) is 0.675. The molecule has 2 aromatic rings. The van der Waals surface area contributed by atoms with E-state index in [9.17, 15) is 27.5 Å². The predicted molar refractivity (Wildman–Crippen MR) is 69.5 cm³/mol. The number of carbonyl (C=O) groups excluding carboxylic acids is 1. The molecule has 118 valence electrons. The summed E-state index contributed by atoms with van der Waals surface area (Å²) in [7, 11) is 1.37. The van der Waals surface area contributed by atoms with Crippen LogP contribution in [0.4, 0.5) is 17.6 Å². The van der Waals surface area contributed by atoms with Gasteiger partial charge in [-0.15, -0.1) is 0 Å². The van der Waals surface area contributed by atoms with Gasteiger partial charge in [0, 0.05) is 12.6 Å². The summed E-state index contributed by atoms with van der Waals surface area (Å²) in [6.45, 7) is 1.42. The van der Waals surface area contributed by atoms with Crippen LogP contribution < -0.4 is 0 Å². The first kappa shape index (κ1) is 16.3. The zero-order chi connectivity index (χ0) is 16.8. The smallest absolute Gasteiger partial charge is 0.419 e. The minimum absolute atomic E-state index is 0.140. The predicted octanol–water partition coefficient (Wildman–Crippen LogP) is 3.48. The van der Waals surface area contributed by atoms with Gasteiger partial charge in [-0.25, -0.2) is 9.07 Å². The van der Waals surface area contributed by atoms with E-state index in [1.165, 1.54) is 14.0 Å². The molecule has 0 bridgehead atoms. The first-order valence-electron chi connectivity index (χ1n) is 5.88. The zero-order valence-corrected chi connectivity index (χ0v) is 12.1. The lowest BCUT2D eigenvalue weighted by Gasteiger charge is -2.11. The summed E-state index contributed by atoms with van der Waals surface area (Å²) in [5.41, 5.74) is -2.16. The molecule has 0 aliphatic heterocycles. The Balaban J connectivity index is 2.59. The maximum atomic E-state index is 13.8.